The zero-order valence-electron chi connectivity index (χ0n) is 13.2. The van der Waals surface area contributed by atoms with E-state index in [-0.39, 0.29) is 5.97 Å². The van der Waals surface area contributed by atoms with Crippen LogP contribution < -0.4 is 4.90 Å². The number of carbonyl (C=O) groups is 1. The molecule has 1 fully saturated rings. The topological polar surface area (TPSA) is 66.2 Å². The first-order chi connectivity index (χ1) is 11.6. The molecule has 1 aromatic carbocycles. The summed E-state index contributed by atoms with van der Waals surface area (Å²) in [5.41, 5.74) is 2.91. The monoisotopic (exact) mass is 341 g/mol. The van der Waals surface area contributed by atoms with Gasteiger partial charge in [0.2, 0.25) is 0 Å². The number of pyridine rings is 1. The molecule has 1 aromatic heterocycles. The molecule has 0 unspecified atom stereocenters. The van der Waals surface area contributed by atoms with E-state index in [4.69, 9.17) is 16.9 Å². The first-order valence-electron chi connectivity index (χ1n) is 7.61. The van der Waals surface area contributed by atoms with Gasteiger partial charge in [0.05, 0.1) is 23.3 Å². The summed E-state index contributed by atoms with van der Waals surface area (Å²) in [7, 11) is 1.35. The predicted octanol–water partition coefficient (Wildman–Crippen LogP) is 3.39. The summed E-state index contributed by atoms with van der Waals surface area (Å²) in [6.45, 7) is 1.72. The maximum absolute atomic E-state index is 11.5. The SMILES string of the molecule is COC(=O)c1ccc([C@@H]2CCN(c3ccc(C#N)c(Cl)c3)C2)nc1. The van der Waals surface area contributed by atoms with E-state index in [0.29, 0.717) is 22.1 Å². The highest BCUT2D eigenvalue weighted by atomic mass is 35.5. The number of hydrogen-bond acceptors (Lipinski definition) is 5. The van der Waals surface area contributed by atoms with Crippen molar-refractivity contribution in [3.63, 3.8) is 0 Å². The summed E-state index contributed by atoms with van der Waals surface area (Å²) in [5.74, 6) is -0.0829. The number of halogens is 1. The number of rotatable bonds is 3. The van der Waals surface area contributed by atoms with Crippen LogP contribution in [0.25, 0.3) is 0 Å². The van der Waals surface area contributed by atoms with Crippen molar-refractivity contribution in [3.8, 4) is 6.07 Å². The third kappa shape index (κ3) is 3.19. The smallest absolute Gasteiger partial charge is 0.339 e. The van der Waals surface area contributed by atoms with E-state index < -0.39 is 0 Å². The van der Waals surface area contributed by atoms with Crippen molar-refractivity contribution in [2.45, 2.75) is 12.3 Å². The van der Waals surface area contributed by atoms with Crippen LogP contribution in [0.1, 0.15) is 34.0 Å². The molecular weight excluding hydrogens is 326 g/mol. The third-order valence-electron chi connectivity index (χ3n) is 4.25. The van der Waals surface area contributed by atoms with Crippen LogP contribution in [-0.4, -0.2) is 31.2 Å². The molecule has 0 saturated carbocycles. The number of benzene rings is 1. The van der Waals surface area contributed by atoms with Crippen molar-refractivity contribution in [1.29, 1.82) is 5.26 Å². The van der Waals surface area contributed by atoms with Gasteiger partial charge in [-0.05, 0) is 36.8 Å². The van der Waals surface area contributed by atoms with Gasteiger partial charge in [-0.15, -0.1) is 0 Å². The zero-order valence-corrected chi connectivity index (χ0v) is 14.0. The van der Waals surface area contributed by atoms with Gasteiger partial charge < -0.3 is 9.64 Å². The molecule has 2 aromatic rings. The second-order valence-corrected chi connectivity index (χ2v) is 6.08. The summed E-state index contributed by atoms with van der Waals surface area (Å²) >= 11 is 6.12. The standard InChI is InChI=1S/C18H16ClN3O2/c1-24-18(23)13-3-5-17(21-10-13)14-6-7-22(11-14)15-4-2-12(9-20)16(19)8-15/h2-5,8,10,14H,6-7,11H2,1H3/t14-/m1/s1. The van der Waals surface area contributed by atoms with Gasteiger partial charge in [0.25, 0.3) is 0 Å². The highest BCUT2D eigenvalue weighted by Gasteiger charge is 2.25. The van der Waals surface area contributed by atoms with E-state index in [1.54, 1.807) is 18.3 Å². The van der Waals surface area contributed by atoms with E-state index in [1.807, 2.05) is 18.2 Å². The predicted molar refractivity (Wildman–Crippen MR) is 91.3 cm³/mol. The van der Waals surface area contributed by atoms with Crippen LogP contribution in [-0.2, 0) is 4.74 Å². The van der Waals surface area contributed by atoms with Crippen molar-refractivity contribution < 1.29 is 9.53 Å². The van der Waals surface area contributed by atoms with Gasteiger partial charge in [0, 0.05) is 36.6 Å². The molecule has 3 rings (SSSR count). The Hall–Kier alpha value is -2.58. The second kappa shape index (κ2) is 6.90. The fraction of sp³-hybridized carbons (Fsp3) is 0.278. The molecule has 0 bridgehead atoms. The van der Waals surface area contributed by atoms with Gasteiger partial charge in [-0.1, -0.05) is 11.6 Å². The first kappa shape index (κ1) is 16.3. The average Bonchev–Trinajstić information content (AvgIpc) is 3.11. The zero-order chi connectivity index (χ0) is 17.1. The van der Waals surface area contributed by atoms with Gasteiger partial charge in [-0.2, -0.15) is 5.26 Å². The van der Waals surface area contributed by atoms with Crippen LogP contribution in [0.2, 0.25) is 5.02 Å². The Labute approximate surface area is 145 Å². The van der Waals surface area contributed by atoms with Crippen molar-refractivity contribution in [2.24, 2.45) is 0 Å². The lowest BCUT2D eigenvalue weighted by molar-refractivity contribution is 0.0600. The van der Waals surface area contributed by atoms with Gasteiger partial charge >= 0.3 is 5.97 Å². The number of esters is 1. The molecule has 1 aliphatic heterocycles. The van der Waals surface area contributed by atoms with Gasteiger partial charge in [0.1, 0.15) is 6.07 Å². The molecule has 6 heteroatoms. The first-order valence-corrected chi connectivity index (χ1v) is 7.99. The number of methoxy groups -OCH3 is 1. The Kier molecular flexibility index (Phi) is 4.68. The lowest BCUT2D eigenvalue weighted by Crippen LogP contribution is -2.19. The van der Waals surface area contributed by atoms with E-state index in [1.165, 1.54) is 7.11 Å². The highest BCUT2D eigenvalue weighted by molar-refractivity contribution is 6.32. The molecule has 5 nitrogen and oxygen atoms in total. The van der Waals surface area contributed by atoms with Gasteiger partial charge in [-0.25, -0.2) is 4.79 Å². The van der Waals surface area contributed by atoms with Gasteiger partial charge in [0.15, 0.2) is 0 Å². The second-order valence-electron chi connectivity index (χ2n) is 5.67. The Morgan fingerprint density at radius 2 is 2.25 bits per heavy atom. The maximum Gasteiger partial charge on any atom is 0.339 e. The number of ether oxygens (including phenoxy) is 1. The maximum atomic E-state index is 11.5. The van der Waals surface area contributed by atoms with Crippen molar-refractivity contribution >= 4 is 23.3 Å². The molecule has 1 aliphatic rings. The van der Waals surface area contributed by atoms with E-state index in [9.17, 15) is 4.79 Å². The van der Waals surface area contributed by atoms with Gasteiger partial charge in [-0.3, -0.25) is 4.98 Å². The third-order valence-corrected chi connectivity index (χ3v) is 4.56. The van der Waals surface area contributed by atoms with Crippen LogP contribution in [0.3, 0.4) is 0 Å². The van der Waals surface area contributed by atoms with Crippen molar-refractivity contribution in [1.82, 2.24) is 4.98 Å². The van der Waals surface area contributed by atoms with Crippen LogP contribution >= 0.6 is 11.6 Å². The minimum absolute atomic E-state index is 0.297. The Balaban J connectivity index is 1.72. The molecule has 24 heavy (non-hydrogen) atoms. The molecule has 0 aliphatic carbocycles. The number of nitriles is 1. The van der Waals surface area contributed by atoms with Crippen LogP contribution in [0.5, 0.6) is 0 Å². The fourth-order valence-electron chi connectivity index (χ4n) is 2.91. The highest BCUT2D eigenvalue weighted by Crippen LogP contribution is 2.31. The van der Waals surface area contributed by atoms with Crippen LogP contribution in [0.4, 0.5) is 5.69 Å². The quantitative estimate of drug-likeness (QED) is 0.800. The Morgan fingerprint density at radius 3 is 2.88 bits per heavy atom. The lowest BCUT2D eigenvalue weighted by atomic mass is 10.0. The van der Waals surface area contributed by atoms with Crippen LogP contribution in [0.15, 0.2) is 36.5 Å². The Bertz CT molecular complexity index is 799. The number of anilines is 1. The van der Waals surface area contributed by atoms with E-state index in [2.05, 4.69) is 20.7 Å². The largest absolute Gasteiger partial charge is 0.465 e. The van der Waals surface area contributed by atoms with Crippen LogP contribution in [0, 0.1) is 11.3 Å². The fourth-order valence-corrected chi connectivity index (χ4v) is 3.13. The lowest BCUT2D eigenvalue weighted by Gasteiger charge is -2.19. The summed E-state index contributed by atoms with van der Waals surface area (Å²) in [4.78, 5) is 18.1. The molecule has 0 amide bonds. The summed E-state index contributed by atoms with van der Waals surface area (Å²) < 4.78 is 4.68. The molecule has 0 N–H and O–H groups in total. The Morgan fingerprint density at radius 1 is 1.42 bits per heavy atom. The minimum atomic E-state index is -0.380. The normalized spacial score (nSPS) is 16.7. The van der Waals surface area contributed by atoms with E-state index in [0.717, 1.165) is 30.9 Å². The average molecular weight is 342 g/mol. The molecule has 2 heterocycles. The number of hydrogen-bond donors (Lipinski definition) is 0. The van der Waals surface area contributed by atoms with Crippen molar-refractivity contribution in [2.75, 3.05) is 25.1 Å². The molecule has 1 saturated heterocycles. The number of aromatic nitrogens is 1. The van der Waals surface area contributed by atoms with E-state index >= 15 is 0 Å². The number of carbonyl (C=O) groups excluding carboxylic acids is 1. The summed E-state index contributed by atoms with van der Waals surface area (Å²) in [6, 6.07) is 11.2. The summed E-state index contributed by atoms with van der Waals surface area (Å²) in [5, 5.41) is 9.43. The van der Waals surface area contributed by atoms with Crippen molar-refractivity contribution in [3.05, 3.63) is 58.4 Å². The number of nitrogens with zero attached hydrogens (tertiary/aromatic N) is 3. The molecule has 0 spiro atoms. The molecule has 1 atom stereocenters. The molecule has 122 valence electrons. The summed E-state index contributed by atoms with van der Waals surface area (Å²) in [6.07, 6.45) is 2.53. The molecular formula is C18H16ClN3O2. The molecule has 0 radical (unpaired) electrons. The minimum Gasteiger partial charge on any atom is -0.465 e.